The smallest absolute Gasteiger partial charge is 0.274 e. The van der Waals surface area contributed by atoms with Gasteiger partial charge in [-0.25, -0.2) is 4.98 Å². The molecule has 0 radical (unpaired) electrons. The minimum absolute atomic E-state index is 0.104. The van der Waals surface area contributed by atoms with Crippen molar-refractivity contribution in [1.29, 1.82) is 0 Å². The zero-order chi connectivity index (χ0) is 17.9. The molecule has 0 bridgehead atoms. The van der Waals surface area contributed by atoms with E-state index < -0.39 is 11.4 Å². The van der Waals surface area contributed by atoms with Crippen LogP contribution in [0, 0.1) is 0 Å². The molecule has 0 unspecified atom stereocenters. The lowest BCUT2D eigenvalue weighted by Crippen LogP contribution is -2.41. The molecule has 0 atom stereocenters. The summed E-state index contributed by atoms with van der Waals surface area (Å²) in [4.78, 5) is 28.6. The van der Waals surface area contributed by atoms with Crippen molar-refractivity contribution in [3.63, 3.8) is 0 Å². The largest absolute Gasteiger partial charge is 0.346 e. The summed E-state index contributed by atoms with van der Waals surface area (Å²) in [5.41, 5.74) is 0.244. The van der Waals surface area contributed by atoms with Crippen LogP contribution in [0.2, 0.25) is 10.0 Å². The average Bonchev–Trinajstić information content (AvgIpc) is 2.49. The number of benzene rings is 1. The molecule has 126 valence electrons. The van der Waals surface area contributed by atoms with E-state index in [0.29, 0.717) is 15.7 Å². The Morgan fingerprint density at radius 3 is 2.25 bits per heavy atom. The monoisotopic (exact) mass is 365 g/mol. The van der Waals surface area contributed by atoms with Crippen LogP contribution in [0.25, 0.3) is 0 Å². The first-order valence-corrected chi connectivity index (χ1v) is 7.97. The summed E-state index contributed by atoms with van der Waals surface area (Å²) < 4.78 is 0. The van der Waals surface area contributed by atoms with E-state index in [1.54, 1.807) is 24.3 Å². The molecule has 1 aromatic heterocycles. The fourth-order valence-corrected chi connectivity index (χ4v) is 2.21. The highest BCUT2D eigenvalue weighted by Gasteiger charge is 2.18. The van der Waals surface area contributed by atoms with Crippen LogP contribution in [0.5, 0.6) is 0 Å². The van der Waals surface area contributed by atoms with Gasteiger partial charge in [0, 0.05) is 10.6 Å². The Hall–Kier alpha value is -2.11. The number of hydrogen-bond acceptors (Lipinski definition) is 3. The number of nitrogens with one attached hydrogen (secondary N) is 2. The van der Waals surface area contributed by atoms with Crippen molar-refractivity contribution >= 4 is 40.7 Å². The summed E-state index contributed by atoms with van der Waals surface area (Å²) in [7, 11) is 0. The summed E-state index contributed by atoms with van der Waals surface area (Å²) in [6.45, 7) is 5.59. The molecule has 2 N–H and O–H groups in total. The van der Waals surface area contributed by atoms with Gasteiger partial charge in [0.05, 0.1) is 10.7 Å². The van der Waals surface area contributed by atoms with Crippen molar-refractivity contribution in [2.45, 2.75) is 26.3 Å². The van der Waals surface area contributed by atoms with Gasteiger partial charge in [0.1, 0.15) is 11.4 Å². The van der Waals surface area contributed by atoms with Crippen LogP contribution in [0.4, 0.5) is 5.69 Å². The predicted octanol–water partition coefficient (Wildman–Crippen LogP) is 4.17. The summed E-state index contributed by atoms with van der Waals surface area (Å²) in [5.74, 6) is -0.831. The van der Waals surface area contributed by atoms with E-state index >= 15 is 0 Å². The number of carbonyl (C=O) groups is 2. The maximum atomic E-state index is 12.3. The predicted molar refractivity (Wildman–Crippen MR) is 95.9 cm³/mol. The molecule has 0 fully saturated rings. The molecular formula is C17H17Cl2N3O2. The Kier molecular flexibility index (Phi) is 5.47. The second-order valence-electron chi connectivity index (χ2n) is 6.19. The number of aromatic nitrogens is 1. The molecule has 0 aliphatic carbocycles. The quantitative estimate of drug-likeness (QED) is 0.857. The van der Waals surface area contributed by atoms with Crippen molar-refractivity contribution in [3.8, 4) is 0 Å². The zero-order valence-corrected chi connectivity index (χ0v) is 15.0. The number of pyridine rings is 1. The first-order valence-electron chi connectivity index (χ1n) is 7.22. The fourth-order valence-electron chi connectivity index (χ4n) is 1.87. The summed E-state index contributed by atoms with van der Waals surface area (Å²) in [6.07, 6.45) is 0. The minimum Gasteiger partial charge on any atom is -0.346 e. The van der Waals surface area contributed by atoms with Gasteiger partial charge in [-0.3, -0.25) is 9.59 Å². The number of rotatable bonds is 3. The molecule has 0 spiro atoms. The number of hydrogen-bond donors (Lipinski definition) is 2. The SMILES string of the molecule is CC(C)(C)NC(=O)c1cccc(C(=O)Nc2cc(Cl)ccc2Cl)n1. The Bertz CT molecular complexity index is 786. The maximum absolute atomic E-state index is 12.3. The number of amides is 2. The number of nitrogens with zero attached hydrogens (tertiary/aromatic N) is 1. The highest BCUT2D eigenvalue weighted by molar-refractivity contribution is 6.35. The van der Waals surface area contributed by atoms with Crippen LogP contribution in [0.3, 0.4) is 0 Å². The van der Waals surface area contributed by atoms with E-state index in [-0.39, 0.29) is 17.3 Å². The Morgan fingerprint density at radius 2 is 1.62 bits per heavy atom. The van der Waals surface area contributed by atoms with E-state index in [2.05, 4.69) is 15.6 Å². The molecule has 1 heterocycles. The van der Waals surface area contributed by atoms with E-state index in [4.69, 9.17) is 23.2 Å². The number of anilines is 1. The van der Waals surface area contributed by atoms with Gasteiger partial charge in [0.15, 0.2) is 0 Å². The fraction of sp³-hybridized carbons (Fsp3) is 0.235. The first kappa shape index (κ1) is 18.2. The van der Waals surface area contributed by atoms with E-state index in [0.717, 1.165) is 0 Å². The van der Waals surface area contributed by atoms with Crippen LogP contribution in [-0.4, -0.2) is 22.3 Å². The highest BCUT2D eigenvalue weighted by atomic mass is 35.5. The van der Waals surface area contributed by atoms with Crippen molar-refractivity contribution in [2.24, 2.45) is 0 Å². The molecule has 2 aromatic rings. The van der Waals surface area contributed by atoms with Crippen molar-refractivity contribution < 1.29 is 9.59 Å². The molecule has 2 rings (SSSR count). The molecule has 1 aromatic carbocycles. The van der Waals surface area contributed by atoms with Crippen LogP contribution in [-0.2, 0) is 0 Å². The highest BCUT2D eigenvalue weighted by Crippen LogP contribution is 2.25. The van der Waals surface area contributed by atoms with Crippen LogP contribution in [0.15, 0.2) is 36.4 Å². The summed E-state index contributed by atoms with van der Waals surface area (Å²) in [6, 6.07) is 9.40. The molecule has 0 saturated carbocycles. The van der Waals surface area contributed by atoms with Crippen molar-refractivity contribution in [1.82, 2.24) is 10.3 Å². The topological polar surface area (TPSA) is 71.1 Å². The standard InChI is InChI=1S/C17H17Cl2N3O2/c1-17(2,3)22-16(24)13-6-4-5-12(20-13)15(23)21-14-9-10(18)7-8-11(14)19/h4-9H,1-3H3,(H,21,23)(H,22,24). The average molecular weight is 366 g/mol. The Labute approximate surface area is 150 Å². The van der Waals surface area contributed by atoms with Gasteiger partial charge in [0.25, 0.3) is 11.8 Å². The molecule has 5 nitrogen and oxygen atoms in total. The van der Waals surface area contributed by atoms with Crippen LogP contribution < -0.4 is 10.6 Å². The number of carbonyl (C=O) groups excluding carboxylic acids is 2. The number of halogens is 2. The normalized spacial score (nSPS) is 11.0. The van der Waals surface area contributed by atoms with E-state index in [1.165, 1.54) is 12.1 Å². The zero-order valence-electron chi connectivity index (χ0n) is 13.5. The second kappa shape index (κ2) is 7.20. The van der Waals surface area contributed by atoms with Gasteiger partial charge in [-0.1, -0.05) is 29.3 Å². The molecule has 7 heteroatoms. The maximum Gasteiger partial charge on any atom is 0.274 e. The lowest BCUT2D eigenvalue weighted by molar-refractivity contribution is 0.0914. The molecule has 0 aliphatic heterocycles. The van der Waals surface area contributed by atoms with Crippen molar-refractivity contribution in [3.05, 3.63) is 57.8 Å². The summed E-state index contributed by atoms with van der Waals surface area (Å²) >= 11 is 11.9. The van der Waals surface area contributed by atoms with E-state index in [9.17, 15) is 9.59 Å². The van der Waals surface area contributed by atoms with Crippen LogP contribution in [0.1, 0.15) is 41.7 Å². The van der Waals surface area contributed by atoms with Gasteiger partial charge < -0.3 is 10.6 Å². The van der Waals surface area contributed by atoms with Gasteiger partial charge in [0.2, 0.25) is 0 Å². The molecule has 0 saturated heterocycles. The van der Waals surface area contributed by atoms with Crippen LogP contribution >= 0.6 is 23.2 Å². The second-order valence-corrected chi connectivity index (χ2v) is 7.03. The van der Waals surface area contributed by atoms with Crippen molar-refractivity contribution in [2.75, 3.05) is 5.32 Å². The molecule has 0 aliphatic rings. The third-order valence-corrected chi connectivity index (χ3v) is 3.44. The Morgan fingerprint density at radius 1 is 1.00 bits per heavy atom. The molecule has 2 amide bonds. The first-order chi connectivity index (χ1) is 11.2. The van der Waals surface area contributed by atoms with Gasteiger partial charge >= 0.3 is 0 Å². The third-order valence-electron chi connectivity index (χ3n) is 2.88. The lowest BCUT2D eigenvalue weighted by Gasteiger charge is -2.20. The Balaban J connectivity index is 2.20. The minimum atomic E-state index is -0.482. The van der Waals surface area contributed by atoms with Gasteiger partial charge in [-0.15, -0.1) is 0 Å². The summed E-state index contributed by atoms with van der Waals surface area (Å²) in [5, 5.41) is 6.23. The van der Waals surface area contributed by atoms with Gasteiger partial charge in [-0.05, 0) is 51.1 Å². The van der Waals surface area contributed by atoms with E-state index in [1.807, 2.05) is 20.8 Å². The lowest BCUT2D eigenvalue weighted by atomic mass is 10.1. The molecular weight excluding hydrogens is 349 g/mol. The van der Waals surface area contributed by atoms with Gasteiger partial charge in [-0.2, -0.15) is 0 Å². The third kappa shape index (κ3) is 4.94. The molecule has 24 heavy (non-hydrogen) atoms.